The Kier molecular flexibility index (Phi) is 3.67. The van der Waals surface area contributed by atoms with Gasteiger partial charge in [-0.1, -0.05) is 38.0 Å². The van der Waals surface area contributed by atoms with Gasteiger partial charge in [-0.2, -0.15) is 0 Å². The molecule has 0 radical (unpaired) electrons. The topological polar surface area (TPSA) is 12.0 Å². The van der Waals surface area contributed by atoms with E-state index in [1.807, 2.05) is 0 Å². The summed E-state index contributed by atoms with van der Waals surface area (Å²) in [5.41, 5.74) is 0.446. The fraction of sp³-hybridized carbons (Fsp3) is 0.625. The summed E-state index contributed by atoms with van der Waals surface area (Å²) in [5, 5.41) is 4.71. The number of unbranched alkanes of at least 4 members (excludes halogenated alkanes) is 1. The number of rotatable bonds is 5. The van der Waals surface area contributed by atoms with Crippen molar-refractivity contribution < 1.29 is 0 Å². The van der Waals surface area contributed by atoms with Gasteiger partial charge in [0.2, 0.25) is 0 Å². The molecular formula is C16H23NS. The molecule has 0 aromatic heterocycles. The highest BCUT2D eigenvalue weighted by atomic mass is 32.2. The molecular weight excluding hydrogens is 238 g/mol. The number of benzene rings is 1. The lowest BCUT2D eigenvalue weighted by Crippen LogP contribution is -2.43. The maximum Gasteiger partial charge on any atom is 0.0307 e. The van der Waals surface area contributed by atoms with E-state index in [1.54, 1.807) is 0 Å². The lowest BCUT2D eigenvalue weighted by Gasteiger charge is -2.34. The third kappa shape index (κ3) is 2.33. The Morgan fingerprint density at radius 1 is 1.33 bits per heavy atom. The smallest absolute Gasteiger partial charge is 0.0307 e. The molecule has 0 aliphatic carbocycles. The Morgan fingerprint density at radius 3 is 2.89 bits per heavy atom. The van der Waals surface area contributed by atoms with E-state index in [-0.39, 0.29) is 0 Å². The Hall–Kier alpha value is -0.470. The fourth-order valence-corrected chi connectivity index (χ4v) is 5.07. The van der Waals surface area contributed by atoms with E-state index in [0.29, 0.717) is 5.54 Å². The summed E-state index contributed by atoms with van der Waals surface area (Å²) >= 11 is 2.10. The quantitative estimate of drug-likeness (QED) is 0.851. The van der Waals surface area contributed by atoms with E-state index in [9.17, 15) is 0 Å². The van der Waals surface area contributed by atoms with Gasteiger partial charge in [0.05, 0.1) is 0 Å². The van der Waals surface area contributed by atoms with Gasteiger partial charge >= 0.3 is 0 Å². The molecule has 1 N–H and O–H groups in total. The van der Waals surface area contributed by atoms with Crippen molar-refractivity contribution in [3.63, 3.8) is 0 Å². The number of hydrogen-bond donors (Lipinski definition) is 1. The Bertz CT molecular complexity index is 391. The van der Waals surface area contributed by atoms with Crippen LogP contribution in [0.15, 0.2) is 35.2 Å². The second-order valence-electron chi connectivity index (χ2n) is 5.79. The van der Waals surface area contributed by atoms with Gasteiger partial charge in [0, 0.05) is 21.7 Å². The molecule has 3 rings (SSSR count). The third-order valence-corrected chi connectivity index (χ3v) is 6.02. The molecule has 0 spiro atoms. The van der Waals surface area contributed by atoms with Crippen molar-refractivity contribution in [3.8, 4) is 0 Å². The van der Waals surface area contributed by atoms with Gasteiger partial charge in [-0.25, -0.2) is 0 Å². The molecule has 98 valence electrons. The first-order valence-electron chi connectivity index (χ1n) is 7.32. The minimum atomic E-state index is 0.446. The highest BCUT2D eigenvalue weighted by Crippen LogP contribution is 2.48. The minimum Gasteiger partial charge on any atom is -0.307 e. The van der Waals surface area contributed by atoms with E-state index in [1.165, 1.54) is 43.4 Å². The van der Waals surface area contributed by atoms with Crippen LogP contribution in [0.4, 0.5) is 0 Å². The molecule has 2 bridgehead atoms. The summed E-state index contributed by atoms with van der Waals surface area (Å²) in [4.78, 5) is 1.44. The van der Waals surface area contributed by atoms with Crippen LogP contribution >= 0.6 is 11.8 Å². The molecule has 18 heavy (non-hydrogen) atoms. The zero-order valence-electron chi connectivity index (χ0n) is 11.2. The van der Waals surface area contributed by atoms with Gasteiger partial charge in [-0.15, -0.1) is 11.8 Å². The van der Waals surface area contributed by atoms with Crippen molar-refractivity contribution in [3.05, 3.63) is 30.3 Å². The number of thioether (sulfide) groups is 1. The average molecular weight is 261 g/mol. The fourth-order valence-electron chi connectivity index (χ4n) is 3.57. The molecule has 3 atom stereocenters. The van der Waals surface area contributed by atoms with Gasteiger partial charge in [-0.05, 0) is 37.8 Å². The van der Waals surface area contributed by atoms with Crippen molar-refractivity contribution >= 4 is 11.8 Å². The predicted molar refractivity (Wildman–Crippen MR) is 79.1 cm³/mol. The van der Waals surface area contributed by atoms with Gasteiger partial charge in [0.1, 0.15) is 0 Å². The van der Waals surface area contributed by atoms with Crippen LogP contribution in [0.25, 0.3) is 0 Å². The minimum absolute atomic E-state index is 0.446. The van der Waals surface area contributed by atoms with Crippen molar-refractivity contribution in [1.82, 2.24) is 5.32 Å². The lowest BCUT2D eigenvalue weighted by atomic mass is 9.83. The Balaban J connectivity index is 1.71. The number of hydrogen-bond acceptors (Lipinski definition) is 2. The van der Waals surface area contributed by atoms with Crippen molar-refractivity contribution in [1.29, 1.82) is 0 Å². The lowest BCUT2D eigenvalue weighted by molar-refractivity contribution is 0.356. The summed E-state index contributed by atoms with van der Waals surface area (Å²) in [7, 11) is 0. The van der Waals surface area contributed by atoms with E-state index in [0.717, 1.165) is 11.3 Å². The second-order valence-corrected chi connectivity index (χ2v) is 7.07. The van der Waals surface area contributed by atoms with Crippen LogP contribution in [-0.2, 0) is 0 Å². The van der Waals surface area contributed by atoms with E-state index >= 15 is 0 Å². The maximum atomic E-state index is 3.93. The highest BCUT2D eigenvalue weighted by molar-refractivity contribution is 8.00. The normalized spacial score (nSPS) is 34.1. The molecule has 1 nitrogen and oxygen atoms in total. The predicted octanol–water partition coefficient (Wildman–Crippen LogP) is 4.23. The Labute approximate surface area is 115 Å². The molecule has 0 saturated carbocycles. The Morgan fingerprint density at radius 2 is 2.17 bits per heavy atom. The average Bonchev–Trinajstić information content (AvgIpc) is 2.96. The monoisotopic (exact) mass is 261 g/mol. The van der Waals surface area contributed by atoms with E-state index in [2.05, 4.69) is 54.3 Å². The van der Waals surface area contributed by atoms with E-state index < -0.39 is 0 Å². The van der Waals surface area contributed by atoms with Crippen LogP contribution < -0.4 is 5.32 Å². The van der Waals surface area contributed by atoms with Crippen LogP contribution in [-0.4, -0.2) is 16.8 Å². The molecule has 0 amide bonds. The van der Waals surface area contributed by atoms with Crippen LogP contribution in [0.3, 0.4) is 0 Å². The summed E-state index contributed by atoms with van der Waals surface area (Å²) in [6, 6.07) is 11.7. The van der Waals surface area contributed by atoms with Crippen LogP contribution in [0.2, 0.25) is 0 Å². The highest BCUT2D eigenvalue weighted by Gasteiger charge is 2.51. The first kappa shape index (κ1) is 12.6. The number of nitrogens with one attached hydrogen (secondary N) is 1. The maximum absolute atomic E-state index is 3.93. The molecule has 0 unspecified atom stereocenters. The summed E-state index contributed by atoms with van der Waals surface area (Å²) < 4.78 is 0. The van der Waals surface area contributed by atoms with Gasteiger partial charge in [-0.3, -0.25) is 0 Å². The molecule has 2 aliphatic rings. The van der Waals surface area contributed by atoms with Gasteiger partial charge in [0.15, 0.2) is 0 Å². The van der Waals surface area contributed by atoms with Crippen LogP contribution in [0, 0.1) is 0 Å². The van der Waals surface area contributed by atoms with E-state index in [4.69, 9.17) is 0 Å². The second kappa shape index (κ2) is 5.26. The molecule has 2 aliphatic heterocycles. The van der Waals surface area contributed by atoms with Crippen molar-refractivity contribution in [2.45, 2.75) is 67.2 Å². The molecule has 2 fully saturated rings. The summed E-state index contributed by atoms with van der Waals surface area (Å²) in [6.07, 6.45) is 8.20. The van der Waals surface area contributed by atoms with Gasteiger partial charge < -0.3 is 5.32 Å². The van der Waals surface area contributed by atoms with Crippen molar-refractivity contribution in [2.75, 3.05) is 0 Å². The summed E-state index contributed by atoms with van der Waals surface area (Å²) in [5.74, 6) is 0. The zero-order chi connectivity index (χ0) is 12.4. The standard InChI is InChI=1S/C16H23NS/c1-2-3-10-16-11-9-13(17-16)12-15(16)18-14-7-5-4-6-8-14/h4-8,13,15,17H,2-3,9-12H2,1H3/t13-,15-,16+/m0/s1. The van der Waals surface area contributed by atoms with Crippen LogP contribution in [0.5, 0.6) is 0 Å². The first-order valence-corrected chi connectivity index (χ1v) is 8.20. The third-order valence-electron chi connectivity index (χ3n) is 4.54. The molecule has 2 heteroatoms. The van der Waals surface area contributed by atoms with Crippen LogP contribution in [0.1, 0.15) is 45.4 Å². The zero-order valence-corrected chi connectivity index (χ0v) is 12.0. The molecule has 2 saturated heterocycles. The molecule has 1 aromatic carbocycles. The SMILES string of the molecule is CCCC[C@@]12CC[C@@H](C[C@@H]1Sc1ccccc1)N2. The first-order chi connectivity index (χ1) is 8.82. The van der Waals surface area contributed by atoms with Crippen molar-refractivity contribution in [2.24, 2.45) is 0 Å². The largest absolute Gasteiger partial charge is 0.307 e. The summed E-state index contributed by atoms with van der Waals surface area (Å²) in [6.45, 7) is 2.30. The molecule has 1 aromatic rings. The molecule has 2 heterocycles. The number of fused-ring (bicyclic) bond motifs is 2. The van der Waals surface area contributed by atoms with Gasteiger partial charge in [0.25, 0.3) is 0 Å².